The van der Waals surface area contributed by atoms with Gasteiger partial charge in [0.05, 0.1) is 24.8 Å². The second-order valence-electron chi connectivity index (χ2n) is 10.8. The number of aromatic nitrogens is 2. The highest BCUT2D eigenvalue weighted by Gasteiger charge is 2.48. The van der Waals surface area contributed by atoms with Crippen LogP contribution in [0.5, 0.6) is 11.5 Å². The Morgan fingerprint density at radius 1 is 0.870 bits per heavy atom. The van der Waals surface area contributed by atoms with E-state index in [1.807, 2.05) is 0 Å². The smallest absolute Gasteiger partial charge is 0.301 e. The minimum Gasteiger partial charge on any atom is -0.507 e. The summed E-state index contributed by atoms with van der Waals surface area (Å²) < 4.78 is 25.5. The Balaban J connectivity index is 1.46. The number of nitrogens with zero attached hydrogens (tertiary/aromatic N) is 3. The third kappa shape index (κ3) is 7.94. The summed E-state index contributed by atoms with van der Waals surface area (Å²) in [5.74, 6) is -0.383. The van der Waals surface area contributed by atoms with E-state index in [2.05, 4.69) is 24.0 Å². The average molecular weight is 662 g/mol. The van der Waals surface area contributed by atoms with Crippen molar-refractivity contribution in [3.05, 3.63) is 101 Å². The van der Waals surface area contributed by atoms with Gasteiger partial charge in [-0.1, -0.05) is 80.5 Å². The summed E-state index contributed by atoms with van der Waals surface area (Å²) in [5.41, 5.74) is 1.85. The number of aliphatic hydroxyl groups is 1. The number of thioether (sulfide) groups is 1. The molecular formula is C35H36FN3O5S2. The van der Waals surface area contributed by atoms with E-state index in [4.69, 9.17) is 9.47 Å². The fourth-order valence-corrected chi connectivity index (χ4v) is 6.74. The molecule has 240 valence electrons. The summed E-state index contributed by atoms with van der Waals surface area (Å²) in [4.78, 5) is 28.5. The molecule has 11 heteroatoms. The molecule has 0 bridgehead atoms. The van der Waals surface area contributed by atoms with E-state index in [0.717, 1.165) is 37.7 Å². The first kappa shape index (κ1) is 33.2. The third-order valence-electron chi connectivity index (χ3n) is 7.43. The second-order valence-corrected chi connectivity index (χ2v) is 13.0. The lowest BCUT2D eigenvalue weighted by atomic mass is 9.95. The van der Waals surface area contributed by atoms with Gasteiger partial charge in [-0.05, 0) is 72.5 Å². The molecule has 1 amide bonds. The summed E-state index contributed by atoms with van der Waals surface area (Å²) in [5, 5.41) is 20.3. The lowest BCUT2D eigenvalue weighted by Gasteiger charge is -2.22. The van der Waals surface area contributed by atoms with Crippen LogP contribution in [0.1, 0.15) is 68.7 Å². The molecule has 4 aromatic rings. The van der Waals surface area contributed by atoms with Gasteiger partial charge in [0, 0.05) is 11.3 Å². The number of ketones is 1. The summed E-state index contributed by atoms with van der Waals surface area (Å²) in [6.07, 6.45) is 5.04. The fraction of sp³-hybridized carbons (Fsp3) is 0.314. The molecule has 1 aromatic heterocycles. The van der Waals surface area contributed by atoms with Crippen LogP contribution in [0, 0.1) is 5.82 Å². The number of Topliss-reactive ketones (excluding diaryl/α,β-unsaturated/α-hetero) is 1. The maximum absolute atomic E-state index is 13.6. The highest BCUT2D eigenvalue weighted by molar-refractivity contribution is 8.00. The zero-order valence-corrected chi connectivity index (χ0v) is 27.4. The number of hydrogen-bond acceptors (Lipinski definition) is 9. The molecule has 8 nitrogen and oxygen atoms in total. The lowest BCUT2D eigenvalue weighted by molar-refractivity contribution is -0.132. The monoisotopic (exact) mass is 661 g/mol. The van der Waals surface area contributed by atoms with Crippen LogP contribution < -0.4 is 14.4 Å². The molecule has 0 unspecified atom stereocenters. The van der Waals surface area contributed by atoms with Crippen LogP contribution in [-0.4, -0.2) is 40.2 Å². The second kappa shape index (κ2) is 15.9. The van der Waals surface area contributed by atoms with Crippen LogP contribution in [0.15, 0.2) is 82.7 Å². The highest BCUT2D eigenvalue weighted by atomic mass is 32.2. The molecule has 0 spiro atoms. The predicted octanol–water partition coefficient (Wildman–Crippen LogP) is 8.34. The molecule has 1 saturated heterocycles. The van der Waals surface area contributed by atoms with E-state index in [1.54, 1.807) is 60.7 Å². The Hall–Kier alpha value is -4.22. The largest absolute Gasteiger partial charge is 0.507 e. The number of anilines is 1. The Morgan fingerprint density at radius 2 is 1.50 bits per heavy atom. The number of amides is 1. The van der Waals surface area contributed by atoms with Crippen molar-refractivity contribution < 1.29 is 28.6 Å². The van der Waals surface area contributed by atoms with Gasteiger partial charge in [0.1, 0.15) is 23.1 Å². The maximum atomic E-state index is 13.6. The number of rotatable bonds is 15. The van der Waals surface area contributed by atoms with Crippen molar-refractivity contribution >= 4 is 45.7 Å². The zero-order chi connectivity index (χ0) is 32.5. The molecule has 1 aliphatic heterocycles. The van der Waals surface area contributed by atoms with Crippen LogP contribution >= 0.6 is 23.1 Å². The Morgan fingerprint density at radius 3 is 2.15 bits per heavy atom. The molecule has 46 heavy (non-hydrogen) atoms. The SMILES string of the molecule is CCCCCOc1ccc([C@@H]2C(=C(O)c3ccc(OCCCC)cc3)C(=O)C(=O)N2c2nnc(SCc3ccc(F)cc3)s2)cc1. The molecule has 1 fully saturated rings. The van der Waals surface area contributed by atoms with Gasteiger partial charge in [0.25, 0.3) is 5.78 Å². The van der Waals surface area contributed by atoms with Crippen molar-refractivity contribution in [2.24, 2.45) is 0 Å². The number of unbranched alkanes of at least 4 members (excludes halogenated alkanes) is 3. The first-order valence-electron chi connectivity index (χ1n) is 15.4. The zero-order valence-electron chi connectivity index (χ0n) is 25.8. The van der Waals surface area contributed by atoms with Crippen LogP contribution in [0.25, 0.3) is 5.76 Å². The van der Waals surface area contributed by atoms with Crippen molar-refractivity contribution in [2.75, 3.05) is 18.1 Å². The van der Waals surface area contributed by atoms with E-state index < -0.39 is 17.7 Å². The number of hydrogen-bond donors (Lipinski definition) is 1. The number of ether oxygens (including phenoxy) is 2. The molecule has 1 atom stereocenters. The topological polar surface area (TPSA) is 102 Å². The predicted molar refractivity (Wildman–Crippen MR) is 179 cm³/mol. The van der Waals surface area contributed by atoms with Crippen molar-refractivity contribution in [3.63, 3.8) is 0 Å². The van der Waals surface area contributed by atoms with Gasteiger partial charge in [-0.2, -0.15) is 0 Å². The minimum absolute atomic E-state index is 0.0445. The van der Waals surface area contributed by atoms with E-state index in [-0.39, 0.29) is 22.3 Å². The van der Waals surface area contributed by atoms with Gasteiger partial charge in [-0.25, -0.2) is 4.39 Å². The van der Waals surface area contributed by atoms with Gasteiger partial charge in [-0.3, -0.25) is 14.5 Å². The molecule has 2 heterocycles. The maximum Gasteiger partial charge on any atom is 0.301 e. The van der Waals surface area contributed by atoms with E-state index >= 15 is 0 Å². The van der Waals surface area contributed by atoms with Crippen molar-refractivity contribution in [2.45, 2.75) is 62.1 Å². The molecule has 0 radical (unpaired) electrons. The van der Waals surface area contributed by atoms with Crippen LogP contribution in [-0.2, 0) is 15.3 Å². The van der Waals surface area contributed by atoms with Gasteiger partial charge in [-0.15, -0.1) is 10.2 Å². The van der Waals surface area contributed by atoms with E-state index in [0.29, 0.717) is 45.9 Å². The standard InChI is InChI=1S/C35H36FN3O5S2/c1-3-5-7-21-44-27-16-10-24(11-17-27)30-29(31(40)25-12-18-28(19-13-25)43-20-6-4-2)32(41)33(42)39(30)34-37-38-35(46-34)45-22-23-8-14-26(36)15-9-23/h8-19,30,40H,3-7,20-22H2,1-2H3/t30-/m1/s1. The first-order valence-corrected chi connectivity index (χ1v) is 17.2. The Kier molecular flexibility index (Phi) is 11.4. The molecule has 3 aromatic carbocycles. The van der Waals surface area contributed by atoms with Crippen molar-refractivity contribution in [1.82, 2.24) is 10.2 Å². The molecule has 0 aliphatic carbocycles. The summed E-state index contributed by atoms with van der Waals surface area (Å²) in [6, 6.07) is 19.2. The van der Waals surface area contributed by atoms with Gasteiger partial charge in [0.2, 0.25) is 5.13 Å². The number of carbonyl (C=O) groups excluding carboxylic acids is 2. The van der Waals surface area contributed by atoms with Gasteiger partial charge < -0.3 is 14.6 Å². The van der Waals surface area contributed by atoms with Crippen molar-refractivity contribution in [1.29, 1.82) is 0 Å². The first-order chi connectivity index (χ1) is 22.4. The summed E-state index contributed by atoms with van der Waals surface area (Å²) >= 11 is 2.56. The number of halogens is 1. The normalized spacial score (nSPS) is 15.8. The fourth-order valence-electron chi connectivity index (χ4n) is 4.92. The van der Waals surface area contributed by atoms with Crippen LogP contribution in [0.4, 0.5) is 9.52 Å². The van der Waals surface area contributed by atoms with E-state index in [1.165, 1.54) is 40.1 Å². The number of aliphatic hydroxyl groups excluding tert-OH is 1. The highest BCUT2D eigenvalue weighted by Crippen LogP contribution is 2.44. The summed E-state index contributed by atoms with van der Waals surface area (Å²) in [7, 11) is 0. The van der Waals surface area contributed by atoms with Crippen molar-refractivity contribution in [3.8, 4) is 11.5 Å². The Bertz CT molecular complexity index is 1660. The average Bonchev–Trinajstić information content (AvgIpc) is 3.65. The van der Waals surface area contributed by atoms with Gasteiger partial charge >= 0.3 is 5.91 Å². The van der Waals surface area contributed by atoms with Gasteiger partial charge in [0.15, 0.2) is 4.34 Å². The van der Waals surface area contributed by atoms with Crippen LogP contribution in [0.2, 0.25) is 0 Å². The quantitative estimate of drug-likeness (QED) is 0.0339. The lowest BCUT2D eigenvalue weighted by Crippen LogP contribution is -2.29. The third-order valence-corrected chi connectivity index (χ3v) is 9.56. The minimum atomic E-state index is -0.947. The summed E-state index contributed by atoms with van der Waals surface area (Å²) in [6.45, 7) is 5.39. The molecule has 1 aliphatic rings. The van der Waals surface area contributed by atoms with E-state index in [9.17, 15) is 19.1 Å². The molecule has 1 N–H and O–H groups in total. The number of carbonyl (C=O) groups is 2. The Labute approximate surface area is 276 Å². The number of benzene rings is 3. The molecule has 5 rings (SSSR count). The van der Waals surface area contributed by atoms with Crippen LogP contribution in [0.3, 0.4) is 0 Å². The molecular weight excluding hydrogens is 626 g/mol. The molecule has 0 saturated carbocycles.